The number of rotatable bonds is 2. The first-order chi connectivity index (χ1) is 10.3. The highest BCUT2D eigenvalue weighted by Crippen LogP contribution is 2.63. The predicted octanol–water partition coefficient (Wildman–Crippen LogP) is 3.65. The van der Waals surface area contributed by atoms with Crippen molar-refractivity contribution in [3.8, 4) is 0 Å². The highest BCUT2D eigenvalue weighted by atomic mass is 32.2. The summed E-state index contributed by atoms with van der Waals surface area (Å²) in [7, 11) is -2.29. The van der Waals surface area contributed by atoms with E-state index in [1.807, 2.05) is 30.3 Å². The lowest BCUT2D eigenvalue weighted by Crippen LogP contribution is -2.32. The van der Waals surface area contributed by atoms with Gasteiger partial charge in [0.05, 0.1) is 6.54 Å². The summed E-state index contributed by atoms with van der Waals surface area (Å²) in [4.78, 5) is 11.6. The largest absolute Gasteiger partial charge is 0.311 e. The van der Waals surface area contributed by atoms with Crippen LogP contribution in [0.3, 0.4) is 0 Å². The maximum atomic E-state index is 11.6. The summed E-state index contributed by atoms with van der Waals surface area (Å²) in [5, 5.41) is 0. The van der Waals surface area contributed by atoms with Crippen molar-refractivity contribution in [3.05, 3.63) is 35.9 Å². The van der Waals surface area contributed by atoms with Gasteiger partial charge in [-0.1, -0.05) is 51.1 Å². The van der Waals surface area contributed by atoms with Crippen molar-refractivity contribution in [3.63, 3.8) is 0 Å². The molecular formula is C17H23NO3S. The third-order valence-electron chi connectivity index (χ3n) is 5.68. The molecule has 2 fully saturated rings. The molecule has 0 heterocycles. The molecule has 0 aliphatic heterocycles. The van der Waals surface area contributed by atoms with Crippen LogP contribution < -0.4 is 0 Å². The average molecular weight is 321 g/mol. The van der Waals surface area contributed by atoms with Gasteiger partial charge >= 0.3 is 10.5 Å². The fourth-order valence-corrected chi connectivity index (χ4v) is 3.87. The highest BCUT2D eigenvalue weighted by Gasteiger charge is 2.61. The van der Waals surface area contributed by atoms with Gasteiger partial charge in [-0.15, -0.1) is 0 Å². The first-order valence-corrected chi connectivity index (χ1v) is 8.64. The molecule has 0 N–H and O–H groups in total. The molecule has 5 heteroatoms. The van der Waals surface area contributed by atoms with Crippen LogP contribution in [-0.4, -0.2) is 14.2 Å². The third kappa shape index (κ3) is 3.14. The Hall–Kier alpha value is -1.49. The molecule has 0 spiro atoms. The van der Waals surface area contributed by atoms with Crippen LogP contribution in [0.5, 0.6) is 0 Å². The molecule has 3 rings (SSSR count). The van der Waals surface area contributed by atoms with E-state index >= 15 is 0 Å². The Labute approximate surface area is 133 Å². The van der Waals surface area contributed by atoms with E-state index in [1.54, 1.807) is 0 Å². The molecule has 0 radical (unpaired) electrons. The standard InChI is InChI=1S/C10H16O.C7H7NO2S/c1-9(2)7-4-5-10(9,3)8(11)6-7;9-11(10)8-6-7-4-2-1-3-5-7/h7H,4-6H2,1-3H3;1-5H,6H2. The number of nitrogens with zero attached hydrogens (tertiary/aromatic N) is 1. The molecule has 1 aromatic carbocycles. The van der Waals surface area contributed by atoms with E-state index in [9.17, 15) is 13.2 Å². The molecule has 2 saturated carbocycles. The Morgan fingerprint density at radius 2 is 1.82 bits per heavy atom. The van der Waals surface area contributed by atoms with Crippen LogP contribution in [0.15, 0.2) is 34.7 Å². The number of Topliss-reactive ketones (excluding diaryl/α,β-unsaturated/α-hetero) is 1. The van der Waals surface area contributed by atoms with Gasteiger partial charge in [0.25, 0.3) is 0 Å². The van der Waals surface area contributed by atoms with Gasteiger partial charge in [0.15, 0.2) is 0 Å². The summed E-state index contributed by atoms with van der Waals surface area (Å²) >= 11 is 0. The highest BCUT2D eigenvalue weighted by molar-refractivity contribution is 7.61. The number of hydrogen-bond acceptors (Lipinski definition) is 4. The summed E-state index contributed by atoms with van der Waals surface area (Å²) in [6, 6.07) is 9.22. The predicted molar refractivity (Wildman–Crippen MR) is 85.7 cm³/mol. The summed E-state index contributed by atoms with van der Waals surface area (Å²) in [5.41, 5.74) is 1.21. The number of fused-ring (bicyclic) bond motifs is 2. The second-order valence-electron chi connectivity index (χ2n) is 6.91. The average Bonchev–Trinajstić information content (AvgIpc) is 2.80. The molecule has 1 aromatic rings. The third-order valence-corrected chi connectivity index (χ3v) is 6.02. The van der Waals surface area contributed by atoms with Gasteiger partial charge in [-0.3, -0.25) is 4.79 Å². The fraction of sp³-hybridized carbons (Fsp3) is 0.588. The SMILES string of the molecule is CC12CCC(CC1=O)C2(C)C.O=S(=O)=NCc1ccccc1. The smallest absolute Gasteiger partial charge is 0.299 e. The molecule has 0 aromatic heterocycles. The van der Waals surface area contributed by atoms with Gasteiger partial charge in [-0.2, -0.15) is 12.8 Å². The minimum atomic E-state index is -2.29. The lowest BCUT2D eigenvalue weighted by atomic mass is 9.70. The molecular weight excluding hydrogens is 298 g/mol. The molecule has 2 aliphatic carbocycles. The molecule has 120 valence electrons. The second-order valence-corrected chi connectivity index (χ2v) is 7.60. The molecule has 4 nitrogen and oxygen atoms in total. The molecule has 0 saturated heterocycles. The van der Waals surface area contributed by atoms with E-state index in [-0.39, 0.29) is 17.4 Å². The lowest BCUT2D eigenvalue weighted by molar-refractivity contribution is -0.128. The Balaban J connectivity index is 0.000000160. The molecule has 2 aliphatic rings. The Morgan fingerprint density at radius 1 is 1.18 bits per heavy atom. The van der Waals surface area contributed by atoms with E-state index in [0.717, 1.165) is 18.4 Å². The number of carbonyl (C=O) groups excluding carboxylic acids is 1. The van der Waals surface area contributed by atoms with Crippen LogP contribution in [0.4, 0.5) is 0 Å². The zero-order valence-corrected chi connectivity index (χ0v) is 14.2. The number of carbonyl (C=O) groups is 1. The quantitative estimate of drug-likeness (QED) is 0.835. The maximum Gasteiger partial charge on any atom is 0.311 e. The van der Waals surface area contributed by atoms with Crippen molar-refractivity contribution in [2.45, 2.75) is 46.6 Å². The zero-order chi connectivity index (χ0) is 16.4. The monoisotopic (exact) mass is 321 g/mol. The van der Waals surface area contributed by atoms with E-state index < -0.39 is 10.5 Å². The van der Waals surface area contributed by atoms with Crippen molar-refractivity contribution < 1.29 is 13.2 Å². The van der Waals surface area contributed by atoms with Gasteiger partial charge in [0.1, 0.15) is 5.78 Å². The fourth-order valence-electron chi connectivity index (χ4n) is 3.61. The van der Waals surface area contributed by atoms with E-state index in [0.29, 0.717) is 11.7 Å². The van der Waals surface area contributed by atoms with Gasteiger partial charge in [0, 0.05) is 11.8 Å². The second kappa shape index (κ2) is 6.32. The van der Waals surface area contributed by atoms with Crippen LogP contribution in [0.25, 0.3) is 0 Å². The normalized spacial score (nSPS) is 28.0. The summed E-state index contributed by atoms with van der Waals surface area (Å²) in [6.45, 7) is 6.91. The Kier molecular flexibility index (Phi) is 4.85. The van der Waals surface area contributed by atoms with Crippen molar-refractivity contribution in [2.75, 3.05) is 0 Å². The summed E-state index contributed by atoms with van der Waals surface area (Å²) in [6.07, 6.45) is 3.25. The molecule has 2 unspecified atom stereocenters. The van der Waals surface area contributed by atoms with Crippen molar-refractivity contribution in [1.29, 1.82) is 0 Å². The van der Waals surface area contributed by atoms with Gasteiger partial charge in [-0.25, -0.2) is 0 Å². The number of hydrogen-bond donors (Lipinski definition) is 0. The minimum absolute atomic E-state index is 0.0255. The minimum Gasteiger partial charge on any atom is -0.299 e. The van der Waals surface area contributed by atoms with Crippen LogP contribution in [0.1, 0.15) is 45.6 Å². The summed E-state index contributed by atoms with van der Waals surface area (Å²) in [5.74, 6) is 1.19. The van der Waals surface area contributed by atoms with Crippen LogP contribution in [0, 0.1) is 16.7 Å². The van der Waals surface area contributed by atoms with Crippen molar-refractivity contribution >= 4 is 16.3 Å². The number of benzene rings is 1. The molecule has 2 bridgehead atoms. The first-order valence-electron chi connectivity index (χ1n) is 7.61. The maximum absolute atomic E-state index is 11.6. The Morgan fingerprint density at radius 3 is 2.18 bits per heavy atom. The van der Waals surface area contributed by atoms with Gasteiger partial charge < -0.3 is 0 Å². The molecule has 22 heavy (non-hydrogen) atoms. The van der Waals surface area contributed by atoms with E-state index in [1.165, 1.54) is 6.42 Å². The van der Waals surface area contributed by atoms with Crippen LogP contribution >= 0.6 is 0 Å². The van der Waals surface area contributed by atoms with E-state index in [4.69, 9.17) is 0 Å². The first kappa shape index (κ1) is 16.9. The van der Waals surface area contributed by atoms with E-state index in [2.05, 4.69) is 25.1 Å². The summed E-state index contributed by atoms with van der Waals surface area (Å²) < 4.78 is 23.3. The van der Waals surface area contributed by atoms with Crippen LogP contribution in [-0.2, 0) is 21.8 Å². The molecule has 0 amide bonds. The van der Waals surface area contributed by atoms with Crippen LogP contribution in [0.2, 0.25) is 0 Å². The number of ketones is 1. The van der Waals surface area contributed by atoms with Gasteiger partial charge in [-0.05, 0) is 29.7 Å². The van der Waals surface area contributed by atoms with Crippen molar-refractivity contribution in [1.82, 2.24) is 0 Å². The zero-order valence-electron chi connectivity index (χ0n) is 13.4. The van der Waals surface area contributed by atoms with Gasteiger partial charge in [0.2, 0.25) is 0 Å². The Bertz CT molecular complexity index is 671. The molecule has 2 atom stereocenters. The topological polar surface area (TPSA) is 63.6 Å². The van der Waals surface area contributed by atoms with Crippen molar-refractivity contribution in [2.24, 2.45) is 21.1 Å². The lowest BCUT2D eigenvalue weighted by Gasteiger charge is -2.32.